The molecule has 3 heterocycles. The molecule has 0 saturated carbocycles. The van der Waals surface area contributed by atoms with Crippen LogP contribution in [0.2, 0.25) is 0 Å². The van der Waals surface area contributed by atoms with Gasteiger partial charge in [0.15, 0.2) is 23.0 Å². The standard InChI is InChI=1S/C26H30N2O5/c1-29-22-16-24(31-3)23(30-2)15-19(22)26-20-6-4-9-27(20)10-5-11-28(26)17-18-7-8-21-25(14-18)33-13-12-32-21/h4,6-9,14-16,26H,5,10-13,17H2,1-3H3. The first-order valence-corrected chi connectivity index (χ1v) is 11.3. The lowest BCUT2D eigenvalue weighted by molar-refractivity contribution is 0.170. The summed E-state index contributed by atoms with van der Waals surface area (Å²) in [6.07, 6.45) is 3.21. The molecular formula is C26H30N2O5. The van der Waals surface area contributed by atoms with E-state index in [1.54, 1.807) is 21.3 Å². The summed E-state index contributed by atoms with van der Waals surface area (Å²) in [5.41, 5.74) is 3.47. The number of aryl methyl sites for hydroxylation is 1. The van der Waals surface area contributed by atoms with E-state index in [2.05, 4.69) is 39.9 Å². The fraction of sp³-hybridized carbons (Fsp3) is 0.385. The van der Waals surface area contributed by atoms with Gasteiger partial charge in [-0.05, 0) is 42.3 Å². The predicted octanol–water partition coefficient (Wildman–Crippen LogP) is 4.28. The number of aromatic nitrogens is 1. The molecule has 2 aliphatic rings. The van der Waals surface area contributed by atoms with Crippen LogP contribution < -0.4 is 23.7 Å². The topological polar surface area (TPSA) is 54.3 Å². The summed E-state index contributed by atoms with van der Waals surface area (Å²) >= 11 is 0. The van der Waals surface area contributed by atoms with Gasteiger partial charge >= 0.3 is 0 Å². The Hall–Kier alpha value is -3.32. The summed E-state index contributed by atoms with van der Waals surface area (Å²) in [6, 6.07) is 14.5. The molecule has 7 heteroatoms. The molecule has 0 spiro atoms. The molecule has 3 aromatic rings. The van der Waals surface area contributed by atoms with Gasteiger partial charge in [-0.3, -0.25) is 4.90 Å². The third-order valence-corrected chi connectivity index (χ3v) is 6.38. The monoisotopic (exact) mass is 450 g/mol. The number of methoxy groups -OCH3 is 3. The molecular weight excluding hydrogens is 420 g/mol. The maximum absolute atomic E-state index is 5.84. The molecule has 174 valence electrons. The van der Waals surface area contributed by atoms with Crippen LogP contribution in [-0.2, 0) is 13.1 Å². The van der Waals surface area contributed by atoms with E-state index >= 15 is 0 Å². The molecule has 0 N–H and O–H groups in total. The van der Waals surface area contributed by atoms with E-state index in [4.69, 9.17) is 23.7 Å². The zero-order valence-electron chi connectivity index (χ0n) is 19.4. The average Bonchev–Trinajstić information content (AvgIpc) is 3.24. The lowest BCUT2D eigenvalue weighted by atomic mass is 9.99. The Labute approximate surface area is 194 Å². The van der Waals surface area contributed by atoms with Crippen LogP contribution in [-0.4, -0.2) is 50.6 Å². The smallest absolute Gasteiger partial charge is 0.164 e. The summed E-state index contributed by atoms with van der Waals surface area (Å²) in [7, 11) is 5.00. The Morgan fingerprint density at radius 1 is 0.848 bits per heavy atom. The summed E-state index contributed by atoms with van der Waals surface area (Å²) in [5, 5.41) is 0. The van der Waals surface area contributed by atoms with Crippen LogP contribution in [0.25, 0.3) is 0 Å². The Morgan fingerprint density at radius 3 is 2.39 bits per heavy atom. The normalized spacial score (nSPS) is 17.7. The van der Waals surface area contributed by atoms with E-state index in [1.807, 2.05) is 18.2 Å². The second-order valence-corrected chi connectivity index (χ2v) is 8.28. The molecule has 2 aliphatic heterocycles. The highest BCUT2D eigenvalue weighted by molar-refractivity contribution is 5.53. The van der Waals surface area contributed by atoms with E-state index in [0.29, 0.717) is 24.7 Å². The lowest BCUT2D eigenvalue weighted by Crippen LogP contribution is -2.30. The molecule has 1 atom stereocenters. The van der Waals surface area contributed by atoms with Crippen molar-refractivity contribution in [1.82, 2.24) is 9.47 Å². The van der Waals surface area contributed by atoms with Gasteiger partial charge in [0, 0.05) is 43.2 Å². The van der Waals surface area contributed by atoms with Crippen molar-refractivity contribution in [2.45, 2.75) is 25.6 Å². The molecule has 0 aliphatic carbocycles. The molecule has 7 nitrogen and oxygen atoms in total. The fourth-order valence-electron chi connectivity index (χ4n) is 4.85. The third kappa shape index (κ3) is 4.09. The van der Waals surface area contributed by atoms with Crippen molar-refractivity contribution in [3.63, 3.8) is 0 Å². The molecule has 0 saturated heterocycles. The molecule has 5 rings (SSSR count). The largest absolute Gasteiger partial charge is 0.496 e. The molecule has 0 radical (unpaired) electrons. The van der Waals surface area contributed by atoms with Crippen LogP contribution in [0.15, 0.2) is 48.7 Å². The molecule has 1 unspecified atom stereocenters. The van der Waals surface area contributed by atoms with Crippen LogP contribution in [0, 0.1) is 0 Å². The minimum Gasteiger partial charge on any atom is -0.496 e. The SMILES string of the molecule is COc1cc(OC)c(C2c3cccn3CCCN2Cc2ccc3c(c2)OCCO3)cc1OC. The molecule has 0 fully saturated rings. The van der Waals surface area contributed by atoms with Crippen LogP contribution in [0.3, 0.4) is 0 Å². The number of hydrogen-bond donors (Lipinski definition) is 0. The Morgan fingerprint density at radius 2 is 1.61 bits per heavy atom. The molecule has 0 amide bonds. The van der Waals surface area contributed by atoms with Gasteiger partial charge in [0.05, 0.1) is 27.4 Å². The van der Waals surface area contributed by atoms with Gasteiger partial charge in [-0.2, -0.15) is 0 Å². The Kier molecular flexibility index (Phi) is 6.05. The maximum Gasteiger partial charge on any atom is 0.164 e. The zero-order valence-corrected chi connectivity index (χ0v) is 19.4. The van der Waals surface area contributed by atoms with Crippen molar-refractivity contribution < 1.29 is 23.7 Å². The molecule has 0 bridgehead atoms. The summed E-state index contributed by atoms with van der Waals surface area (Å²) in [5.74, 6) is 3.75. The first-order valence-electron chi connectivity index (χ1n) is 11.3. The van der Waals surface area contributed by atoms with Crippen LogP contribution >= 0.6 is 0 Å². The van der Waals surface area contributed by atoms with E-state index in [1.165, 1.54) is 11.3 Å². The number of ether oxygens (including phenoxy) is 5. The van der Waals surface area contributed by atoms with Crippen molar-refractivity contribution in [2.75, 3.05) is 41.1 Å². The van der Waals surface area contributed by atoms with Gasteiger partial charge < -0.3 is 28.3 Å². The number of nitrogens with zero attached hydrogens (tertiary/aromatic N) is 2. The van der Waals surface area contributed by atoms with E-state index in [0.717, 1.165) is 48.9 Å². The number of hydrogen-bond acceptors (Lipinski definition) is 6. The van der Waals surface area contributed by atoms with Gasteiger partial charge in [-0.25, -0.2) is 0 Å². The molecule has 1 aromatic heterocycles. The van der Waals surface area contributed by atoms with E-state index < -0.39 is 0 Å². The minimum atomic E-state index is -0.00884. The van der Waals surface area contributed by atoms with Crippen LogP contribution in [0.1, 0.15) is 29.3 Å². The average molecular weight is 451 g/mol. The van der Waals surface area contributed by atoms with Crippen LogP contribution in [0.5, 0.6) is 28.7 Å². The van der Waals surface area contributed by atoms with Gasteiger partial charge in [-0.15, -0.1) is 0 Å². The molecule has 33 heavy (non-hydrogen) atoms. The van der Waals surface area contributed by atoms with Crippen molar-refractivity contribution >= 4 is 0 Å². The van der Waals surface area contributed by atoms with Crippen molar-refractivity contribution in [3.05, 3.63) is 65.5 Å². The fourth-order valence-corrected chi connectivity index (χ4v) is 4.85. The molecule has 2 aromatic carbocycles. The predicted molar refractivity (Wildman–Crippen MR) is 125 cm³/mol. The van der Waals surface area contributed by atoms with Gasteiger partial charge in [0.1, 0.15) is 19.0 Å². The van der Waals surface area contributed by atoms with E-state index in [-0.39, 0.29) is 6.04 Å². The summed E-state index contributed by atoms with van der Waals surface area (Å²) < 4.78 is 30.9. The Balaban J connectivity index is 1.58. The first-order chi connectivity index (χ1) is 16.2. The number of fused-ring (bicyclic) bond motifs is 2. The number of rotatable bonds is 6. The highest BCUT2D eigenvalue weighted by atomic mass is 16.6. The minimum absolute atomic E-state index is 0.00884. The second kappa shape index (κ2) is 9.27. The quantitative estimate of drug-likeness (QED) is 0.559. The van der Waals surface area contributed by atoms with E-state index in [9.17, 15) is 0 Å². The van der Waals surface area contributed by atoms with Crippen LogP contribution in [0.4, 0.5) is 0 Å². The lowest BCUT2D eigenvalue weighted by Gasteiger charge is -2.32. The third-order valence-electron chi connectivity index (χ3n) is 6.38. The maximum atomic E-state index is 5.84. The van der Waals surface area contributed by atoms with Gasteiger partial charge in [0.25, 0.3) is 0 Å². The van der Waals surface area contributed by atoms with Crippen molar-refractivity contribution in [3.8, 4) is 28.7 Å². The number of benzene rings is 2. The highest BCUT2D eigenvalue weighted by Gasteiger charge is 2.31. The van der Waals surface area contributed by atoms with Gasteiger partial charge in [-0.1, -0.05) is 6.07 Å². The van der Waals surface area contributed by atoms with Crippen molar-refractivity contribution in [1.29, 1.82) is 0 Å². The summed E-state index contributed by atoms with van der Waals surface area (Å²) in [4.78, 5) is 2.49. The highest BCUT2D eigenvalue weighted by Crippen LogP contribution is 2.43. The zero-order chi connectivity index (χ0) is 22.8. The first kappa shape index (κ1) is 21.5. The second-order valence-electron chi connectivity index (χ2n) is 8.28. The van der Waals surface area contributed by atoms with Crippen molar-refractivity contribution in [2.24, 2.45) is 0 Å². The van der Waals surface area contributed by atoms with Gasteiger partial charge in [0.2, 0.25) is 0 Å². The Bertz CT molecular complexity index is 1130. The summed E-state index contributed by atoms with van der Waals surface area (Å²) in [6.45, 7) is 3.87.